The zero-order chi connectivity index (χ0) is 18.8. The number of nitrogens with one attached hydrogen (secondary N) is 2. The van der Waals surface area contributed by atoms with Crippen LogP contribution in [-0.2, 0) is 6.42 Å². The minimum Gasteiger partial charge on any atom is -0.345 e. The molecule has 2 N–H and O–H groups in total. The van der Waals surface area contributed by atoms with Crippen LogP contribution in [0.2, 0.25) is 5.02 Å². The molecule has 1 aliphatic carbocycles. The maximum atomic E-state index is 12.7. The van der Waals surface area contributed by atoms with Crippen molar-refractivity contribution in [2.24, 2.45) is 5.92 Å². The van der Waals surface area contributed by atoms with Crippen LogP contribution in [0, 0.1) is 5.92 Å². The number of hydrogen-bond acceptors (Lipinski definition) is 3. The molecule has 5 nitrogen and oxygen atoms in total. The fourth-order valence-electron chi connectivity index (χ4n) is 3.27. The first kappa shape index (κ1) is 18.4. The van der Waals surface area contributed by atoms with Crippen molar-refractivity contribution < 1.29 is 9.59 Å². The number of amides is 1. The first-order valence-electron chi connectivity index (χ1n) is 8.72. The third kappa shape index (κ3) is 3.73. The molecule has 136 valence electrons. The first-order chi connectivity index (χ1) is 12.4. The molecule has 0 saturated heterocycles. The number of fused-ring (bicyclic) bond motifs is 1. The van der Waals surface area contributed by atoms with Crippen molar-refractivity contribution in [2.75, 3.05) is 0 Å². The molecule has 0 unspecified atom stereocenters. The summed E-state index contributed by atoms with van der Waals surface area (Å²) < 4.78 is 0. The Balaban J connectivity index is 1.91. The Hall–Kier alpha value is -2.40. The number of carbonyl (C=O) groups is 2. The van der Waals surface area contributed by atoms with E-state index in [9.17, 15) is 14.4 Å². The van der Waals surface area contributed by atoms with E-state index in [0.29, 0.717) is 29.1 Å². The number of halogens is 1. The van der Waals surface area contributed by atoms with Crippen LogP contribution in [0.1, 0.15) is 64.7 Å². The number of aromatic amines is 1. The van der Waals surface area contributed by atoms with Gasteiger partial charge in [-0.2, -0.15) is 0 Å². The Morgan fingerprint density at radius 3 is 2.50 bits per heavy atom. The Morgan fingerprint density at radius 2 is 1.85 bits per heavy atom. The zero-order valence-corrected chi connectivity index (χ0v) is 15.5. The smallest absolute Gasteiger partial charge is 0.261 e. The summed E-state index contributed by atoms with van der Waals surface area (Å²) in [5, 5.41) is 3.54. The first-order valence-corrected chi connectivity index (χ1v) is 9.10. The average Bonchev–Trinajstić information content (AvgIpc) is 2.60. The number of Topliss-reactive ketones (excluding diaryl/α,β-unsaturated/α-hetero) is 1. The third-order valence-electron chi connectivity index (χ3n) is 4.68. The SMILES string of the molecule is CC(C)[C@@H](NC(=O)c1cc2c([nH]c1=O)CCCC2=O)c1ccc(Cl)cc1. The van der Waals surface area contributed by atoms with E-state index in [0.717, 1.165) is 12.0 Å². The molecule has 1 aromatic carbocycles. The summed E-state index contributed by atoms with van der Waals surface area (Å²) in [7, 11) is 0. The lowest BCUT2D eigenvalue weighted by molar-refractivity contribution is 0.0924. The highest BCUT2D eigenvalue weighted by Gasteiger charge is 2.24. The molecule has 1 heterocycles. The number of pyridine rings is 1. The summed E-state index contributed by atoms with van der Waals surface area (Å²) >= 11 is 5.93. The Kier molecular flexibility index (Phi) is 5.28. The van der Waals surface area contributed by atoms with Gasteiger partial charge in [-0.25, -0.2) is 0 Å². The van der Waals surface area contributed by atoms with E-state index in [1.807, 2.05) is 26.0 Å². The Bertz CT molecular complexity index is 900. The minimum atomic E-state index is -0.485. The van der Waals surface area contributed by atoms with E-state index in [4.69, 9.17) is 11.6 Å². The molecule has 0 aliphatic heterocycles. The molecule has 0 bridgehead atoms. The fraction of sp³-hybridized carbons (Fsp3) is 0.350. The van der Waals surface area contributed by atoms with Crippen molar-refractivity contribution >= 4 is 23.3 Å². The Morgan fingerprint density at radius 1 is 1.15 bits per heavy atom. The van der Waals surface area contributed by atoms with Crippen LogP contribution >= 0.6 is 11.6 Å². The standard InChI is InChI=1S/C20H21ClN2O3/c1-11(2)18(12-6-8-13(21)9-7-12)23-20(26)15-10-14-16(22-19(15)25)4-3-5-17(14)24/h6-11,18H,3-5H2,1-2H3,(H,22,25)(H,23,26)/t18-/m1/s1. The molecule has 1 aromatic heterocycles. The summed E-state index contributed by atoms with van der Waals surface area (Å²) in [5.41, 5.74) is 1.49. The second kappa shape index (κ2) is 7.46. The van der Waals surface area contributed by atoms with Gasteiger partial charge in [0.05, 0.1) is 6.04 Å². The number of aryl methyl sites for hydroxylation is 1. The monoisotopic (exact) mass is 372 g/mol. The summed E-state index contributed by atoms with van der Waals surface area (Å²) in [6.45, 7) is 3.97. The number of benzene rings is 1. The number of H-pyrrole nitrogens is 1. The van der Waals surface area contributed by atoms with Crippen LogP contribution in [0.3, 0.4) is 0 Å². The van der Waals surface area contributed by atoms with Crippen molar-refractivity contribution in [2.45, 2.75) is 39.2 Å². The highest BCUT2D eigenvalue weighted by atomic mass is 35.5. The van der Waals surface area contributed by atoms with Crippen LogP contribution in [0.4, 0.5) is 0 Å². The molecular formula is C20H21ClN2O3. The molecule has 0 spiro atoms. The lowest BCUT2D eigenvalue weighted by atomic mass is 9.93. The van der Waals surface area contributed by atoms with Gasteiger partial charge in [0.2, 0.25) is 0 Å². The zero-order valence-electron chi connectivity index (χ0n) is 14.8. The summed E-state index contributed by atoms with van der Waals surface area (Å²) in [6, 6.07) is 8.41. The van der Waals surface area contributed by atoms with Gasteiger partial charge in [-0.3, -0.25) is 14.4 Å². The fourth-order valence-corrected chi connectivity index (χ4v) is 3.39. The molecule has 1 amide bonds. The number of ketones is 1. The van der Waals surface area contributed by atoms with Crippen LogP contribution in [0.25, 0.3) is 0 Å². The molecule has 0 fully saturated rings. The van der Waals surface area contributed by atoms with Crippen LogP contribution in [-0.4, -0.2) is 16.7 Å². The van der Waals surface area contributed by atoms with E-state index in [2.05, 4.69) is 10.3 Å². The molecule has 6 heteroatoms. The number of carbonyl (C=O) groups excluding carboxylic acids is 2. The van der Waals surface area contributed by atoms with E-state index < -0.39 is 11.5 Å². The van der Waals surface area contributed by atoms with Gasteiger partial charge in [0.1, 0.15) is 5.56 Å². The molecule has 2 aromatic rings. The maximum absolute atomic E-state index is 12.7. The van der Waals surface area contributed by atoms with Crippen molar-refractivity contribution in [1.82, 2.24) is 10.3 Å². The topological polar surface area (TPSA) is 79.0 Å². The van der Waals surface area contributed by atoms with Gasteiger partial charge in [0.15, 0.2) is 5.78 Å². The maximum Gasteiger partial charge on any atom is 0.261 e. The highest BCUT2D eigenvalue weighted by molar-refractivity contribution is 6.30. The van der Waals surface area contributed by atoms with E-state index in [1.165, 1.54) is 6.07 Å². The van der Waals surface area contributed by atoms with Gasteiger partial charge in [-0.05, 0) is 42.5 Å². The molecule has 1 atom stereocenters. The van der Waals surface area contributed by atoms with Gasteiger partial charge in [0.25, 0.3) is 11.5 Å². The summed E-state index contributed by atoms with van der Waals surface area (Å²) in [6.07, 6.45) is 1.82. The van der Waals surface area contributed by atoms with E-state index >= 15 is 0 Å². The Labute approximate surface area is 156 Å². The average molecular weight is 373 g/mol. The van der Waals surface area contributed by atoms with Crippen LogP contribution in [0.5, 0.6) is 0 Å². The lowest BCUT2D eigenvalue weighted by Gasteiger charge is -2.23. The minimum absolute atomic E-state index is 0.0291. The molecule has 0 radical (unpaired) electrons. The molecule has 1 aliphatic rings. The van der Waals surface area contributed by atoms with Gasteiger partial charge >= 0.3 is 0 Å². The second-order valence-electron chi connectivity index (χ2n) is 6.93. The summed E-state index contributed by atoms with van der Waals surface area (Å²) in [4.78, 5) is 39.9. The van der Waals surface area contributed by atoms with Gasteiger partial charge in [0, 0.05) is 22.7 Å². The van der Waals surface area contributed by atoms with Crippen molar-refractivity contribution in [1.29, 1.82) is 0 Å². The molecular weight excluding hydrogens is 352 g/mol. The van der Waals surface area contributed by atoms with Gasteiger partial charge < -0.3 is 10.3 Å². The van der Waals surface area contributed by atoms with Crippen molar-refractivity contribution in [3.63, 3.8) is 0 Å². The van der Waals surface area contributed by atoms with E-state index in [1.54, 1.807) is 12.1 Å². The van der Waals surface area contributed by atoms with Gasteiger partial charge in [-0.1, -0.05) is 37.6 Å². The quantitative estimate of drug-likeness (QED) is 0.859. The van der Waals surface area contributed by atoms with Crippen molar-refractivity contribution in [3.8, 4) is 0 Å². The highest BCUT2D eigenvalue weighted by Crippen LogP contribution is 2.24. The number of aromatic nitrogens is 1. The normalized spacial score (nSPS) is 14.8. The number of hydrogen-bond donors (Lipinski definition) is 2. The third-order valence-corrected chi connectivity index (χ3v) is 4.93. The van der Waals surface area contributed by atoms with Crippen LogP contribution in [0.15, 0.2) is 35.1 Å². The second-order valence-corrected chi connectivity index (χ2v) is 7.36. The van der Waals surface area contributed by atoms with Crippen LogP contribution < -0.4 is 10.9 Å². The summed E-state index contributed by atoms with van der Waals surface area (Å²) in [5.74, 6) is -0.408. The van der Waals surface area contributed by atoms with E-state index in [-0.39, 0.29) is 23.3 Å². The molecule has 3 rings (SSSR count). The predicted octanol–water partition coefficient (Wildman–Crippen LogP) is 3.67. The molecule has 0 saturated carbocycles. The predicted molar refractivity (Wildman–Crippen MR) is 101 cm³/mol. The molecule has 26 heavy (non-hydrogen) atoms. The lowest BCUT2D eigenvalue weighted by Crippen LogP contribution is -2.36. The van der Waals surface area contributed by atoms with Gasteiger partial charge in [-0.15, -0.1) is 0 Å². The van der Waals surface area contributed by atoms with Crippen molar-refractivity contribution in [3.05, 3.63) is 68.1 Å². The number of rotatable bonds is 4. The largest absolute Gasteiger partial charge is 0.345 e.